The molecule has 0 unspecified atom stereocenters. The van der Waals surface area contributed by atoms with Crippen LogP contribution in [-0.4, -0.2) is 23.5 Å². The van der Waals surface area contributed by atoms with Gasteiger partial charge < -0.3 is 10.0 Å². The first kappa shape index (κ1) is 15.3. The van der Waals surface area contributed by atoms with Gasteiger partial charge in [0.2, 0.25) is 5.91 Å². The van der Waals surface area contributed by atoms with Crippen molar-refractivity contribution in [1.82, 2.24) is 0 Å². The molecular weight excluding hydrogens is 266 g/mol. The van der Waals surface area contributed by atoms with Crippen LogP contribution >= 0.6 is 0 Å². The lowest BCUT2D eigenvalue weighted by atomic mass is 10.0. The van der Waals surface area contributed by atoms with Crippen LogP contribution in [0.2, 0.25) is 0 Å². The van der Waals surface area contributed by atoms with Crippen LogP contribution in [0, 0.1) is 0 Å². The topological polar surface area (TPSA) is 57.6 Å². The van der Waals surface area contributed by atoms with Crippen molar-refractivity contribution in [1.29, 1.82) is 0 Å². The van der Waals surface area contributed by atoms with Gasteiger partial charge in [0.25, 0.3) is 0 Å². The number of carboxylic acid groups (broad SMARTS) is 1. The summed E-state index contributed by atoms with van der Waals surface area (Å²) in [6.07, 6.45) is 7.24. The van der Waals surface area contributed by atoms with Gasteiger partial charge in [-0.3, -0.25) is 4.79 Å². The molecule has 4 nitrogen and oxygen atoms in total. The lowest BCUT2D eigenvalue weighted by Crippen LogP contribution is -2.30. The second-order valence-corrected chi connectivity index (χ2v) is 5.27. The first-order valence-corrected chi connectivity index (χ1v) is 7.46. The number of nitrogens with zero attached hydrogens (tertiary/aromatic N) is 1. The smallest absolute Gasteiger partial charge is 0.328 e. The summed E-state index contributed by atoms with van der Waals surface area (Å²) in [6, 6.07) is 5.77. The number of carbonyl (C=O) groups excluding carboxylic acids is 1. The van der Waals surface area contributed by atoms with Crippen LogP contribution in [0.3, 0.4) is 0 Å². The second-order valence-electron chi connectivity index (χ2n) is 5.27. The maximum atomic E-state index is 12.2. The molecule has 112 valence electrons. The molecule has 0 spiro atoms. The molecule has 2 rings (SSSR count). The van der Waals surface area contributed by atoms with Crippen LogP contribution in [0.4, 0.5) is 5.69 Å². The van der Waals surface area contributed by atoms with Crippen molar-refractivity contribution < 1.29 is 14.7 Å². The molecule has 0 saturated carbocycles. The minimum atomic E-state index is -0.958. The average Bonchev–Trinajstić information content (AvgIpc) is 2.69. The monoisotopic (exact) mass is 287 g/mol. The SMILES string of the molecule is CCc1cc(/C=C/C(=O)O)ccc1N1CCCCCC1=O. The van der Waals surface area contributed by atoms with E-state index in [1.54, 1.807) is 6.08 Å². The van der Waals surface area contributed by atoms with Gasteiger partial charge in [-0.15, -0.1) is 0 Å². The highest BCUT2D eigenvalue weighted by Gasteiger charge is 2.20. The number of hydrogen-bond acceptors (Lipinski definition) is 2. The number of benzene rings is 1. The summed E-state index contributed by atoms with van der Waals surface area (Å²) in [4.78, 5) is 24.7. The van der Waals surface area contributed by atoms with Crippen molar-refractivity contribution in [2.75, 3.05) is 11.4 Å². The molecule has 1 fully saturated rings. The third kappa shape index (κ3) is 3.94. The normalized spacial score (nSPS) is 16.2. The van der Waals surface area contributed by atoms with Gasteiger partial charge in [0.1, 0.15) is 0 Å². The Morgan fingerprint density at radius 3 is 2.86 bits per heavy atom. The Hall–Kier alpha value is -2.10. The van der Waals surface area contributed by atoms with Crippen LogP contribution in [0.5, 0.6) is 0 Å². The van der Waals surface area contributed by atoms with Crippen molar-refractivity contribution in [2.24, 2.45) is 0 Å². The summed E-state index contributed by atoms with van der Waals surface area (Å²) in [5.41, 5.74) is 2.90. The van der Waals surface area contributed by atoms with E-state index in [0.29, 0.717) is 6.42 Å². The fourth-order valence-electron chi connectivity index (χ4n) is 2.66. The van der Waals surface area contributed by atoms with Crippen molar-refractivity contribution >= 4 is 23.6 Å². The Labute approximate surface area is 125 Å². The Balaban J connectivity index is 2.30. The number of aliphatic carboxylic acids is 1. The summed E-state index contributed by atoms with van der Waals surface area (Å²) in [5, 5.41) is 8.69. The first-order chi connectivity index (χ1) is 10.1. The number of anilines is 1. The van der Waals surface area contributed by atoms with E-state index in [1.807, 2.05) is 30.0 Å². The van der Waals surface area contributed by atoms with Crippen molar-refractivity contribution in [3.63, 3.8) is 0 Å². The first-order valence-electron chi connectivity index (χ1n) is 7.46. The van der Waals surface area contributed by atoms with E-state index >= 15 is 0 Å². The summed E-state index contributed by atoms with van der Waals surface area (Å²) in [5.74, 6) is -0.768. The molecule has 4 heteroatoms. The summed E-state index contributed by atoms with van der Waals surface area (Å²) >= 11 is 0. The molecule has 1 amide bonds. The van der Waals surface area contributed by atoms with Gasteiger partial charge in [0, 0.05) is 24.7 Å². The Kier molecular flexibility index (Phi) is 5.14. The average molecular weight is 287 g/mol. The molecule has 1 saturated heterocycles. The fraction of sp³-hybridized carbons (Fsp3) is 0.412. The predicted molar refractivity (Wildman–Crippen MR) is 83.3 cm³/mol. The van der Waals surface area contributed by atoms with Crippen LogP contribution in [-0.2, 0) is 16.0 Å². The van der Waals surface area contributed by atoms with E-state index < -0.39 is 5.97 Å². The molecule has 1 aromatic carbocycles. The number of aryl methyl sites for hydroxylation is 1. The van der Waals surface area contributed by atoms with Crippen LogP contribution < -0.4 is 4.90 Å². The molecular formula is C17H21NO3. The quantitative estimate of drug-likeness (QED) is 0.865. The zero-order valence-corrected chi connectivity index (χ0v) is 12.3. The van der Waals surface area contributed by atoms with E-state index in [0.717, 1.165) is 55.1 Å². The van der Waals surface area contributed by atoms with Gasteiger partial charge in [-0.05, 0) is 48.6 Å². The van der Waals surface area contributed by atoms with E-state index in [2.05, 4.69) is 0 Å². The minimum absolute atomic E-state index is 0.191. The summed E-state index contributed by atoms with van der Waals surface area (Å²) in [6.45, 7) is 2.82. The molecule has 0 aromatic heterocycles. The molecule has 1 aliphatic rings. The predicted octanol–water partition coefficient (Wildman–Crippen LogP) is 3.25. The molecule has 0 aliphatic carbocycles. The minimum Gasteiger partial charge on any atom is -0.478 e. The van der Waals surface area contributed by atoms with Crippen molar-refractivity contribution in [3.05, 3.63) is 35.4 Å². The number of hydrogen-bond donors (Lipinski definition) is 1. The van der Waals surface area contributed by atoms with Crippen molar-refractivity contribution in [2.45, 2.75) is 39.0 Å². The van der Waals surface area contributed by atoms with E-state index in [9.17, 15) is 9.59 Å². The highest BCUT2D eigenvalue weighted by Crippen LogP contribution is 2.26. The van der Waals surface area contributed by atoms with Gasteiger partial charge in [-0.1, -0.05) is 19.4 Å². The van der Waals surface area contributed by atoms with Gasteiger partial charge in [0.05, 0.1) is 0 Å². The third-order valence-electron chi connectivity index (χ3n) is 3.77. The number of amides is 1. The molecule has 0 radical (unpaired) electrons. The zero-order chi connectivity index (χ0) is 15.2. The van der Waals surface area contributed by atoms with Crippen LogP contribution in [0.15, 0.2) is 24.3 Å². The maximum Gasteiger partial charge on any atom is 0.328 e. The Bertz CT molecular complexity index is 563. The molecule has 1 heterocycles. The Morgan fingerprint density at radius 2 is 2.14 bits per heavy atom. The third-order valence-corrected chi connectivity index (χ3v) is 3.77. The molecule has 0 atom stereocenters. The number of carbonyl (C=O) groups is 2. The second kappa shape index (κ2) is 7.07. The maximum absolute atomic E-state index is 12.2. The largest absolute Gasteiger partial charge is 0.478 e. The van der Waals surface area contributed by atoms with Crippen LogP contribution in [0.25, 0.3) is 6.08 Å². The van der Waals surface area contributed by atoms with E-state index in [-0.39, 0.29) is 5.91 Å². The van der Waals surface area contributed by atoms with Gasteiger partial charge in [-0.2, -0.15) is 0 Å². The highest BCUT2D eigenvalue weighted by atomic mass is 16.4. The van der Waals surface area contributed by atoms with Crippen LogP contribution in [0.1, 0.15) is 43.7 Å². The lowest BCUT2D eigenvalue weighted by Gasteiger charge is -2.23. The Morgan fingerprint density at radius 1 is 1.33 bits per heavy atom. The standard InChI is InChI=1S/C17H21NO3/c1-2-14-12-13(8-10-17(20)21)7-9-15(14)18-11-5-3-4-6-16(18)19/h7-10,12H,2-6,11H2,1H3,(H,20,21)/b10-8+. The number of rotatable bonds is 4. The van der Waals surface area contributed by atoms with E-state index in [1.165, 1.54) is 0 Å². The zero-order valence-electron chi connectivity index (χ0n) is 12.3. The molecule has 1 aliphatic heterocycles. The molecule has 0 bridgehead atoms. The van der Waals surface area contributed by atoms with E-state index in [4.69, 9.17) is 5.11 Å². The summed E-state index contributed by atoms with van der Waals surface area (Å²) in [7, 11) is 0. The molecule has 1 aromatic rings. The number of carboxylic acids is 1. The van der Waals surface area contributed by atoms with Gasteiger partial charge in [0.15, 0.2) is 0 Å². The van der Waals surface area contributed by atoms with Gasteiger partial charge in [-0.25, -0.2) is 4.79 Å². The molecule has 21 heavy (non-hydrogen) atoms. The van der Waals surface area contributed by atoms with Gasteiger partial charge >= 0.3 is 5.97 Å². The summed E-state index contributed by atoms with van der Waals surface area (Å²) < 4.78 is 0. The highest BCUT2D eigenvalue weighted by molar-refractivity contribution is 5.94. The molecule has 1 N–H and O–H groups in total. The van der Waals surface area contributed by atoms with Crippen molar-refractivity contribution in [3.8, 4) is 0 Å². The lowest BCUT2D eigenvalue weighted by molar-refractivity contribution is -0.131. The fourth-order valence-corrected chi connectivity index (χ4v) is 2.66.